The molecule has 0 bridgehead atoms. The van der Waals surface area contributed by atoms with E-state index in [-0.39, 0.29) is 12.4 Å². The number of hydrogen-bond donors (Lipinski definition) is 3. The monoisotopic (exact) mass is 434 g/mol. The normalized spacial score (nSPS) is 15.7. The Morgan fingerprint density at radius 1 is 1.06 bits per heavy atom. The number of phenolic OH excluding ortho intramolecular Hbond substituents is 1. The van der Waals surface area contributed by atoms with Gasteiger partial charge in [0.05, 0.1) is 25.5 Å². The van der Waals surface area contributed by atoms with Crippen LogP contribution in [0.3, 0.4) is 0 Å². The molecular weight excluding hydrogens is 408 g/mol. The molecule has 1 saturated heterocycles. The molecule has 9 heteroatoms. The summed E-state index contributed by atoms with van der Waals surface area (Å²) in [6, 6.07) is 11.1. The van der Waals surface area contributed by atoms with Crippen molar-refractivity contribution in [1.29, 1.82) is 0 Å². The number of aromatic nitrogens is 3. The van der Waals surface area contributed by atoms with Gasteiger partial charge in [0.25, 0.3) is 0 Å². The van der Waals surface area contributed by atoms with E-state index in [0.717, 1.165) is 54.4 Å². The van der Waals surface area contributed by atoms with Gasteiger partial charge in [-0.25, -0.2) is 9.97 Å². The zero-order valence-electron chi connectivity index (χ0n) is 17.7. The molecule has 3 N–H and O–H groups in total. The second-order valence-corrected chi connectivity index (χ2v) is 7.78. The maximum absolute atomic E-state index is 10.1. The predicted octanol–water partition coefficient (Wildman–Crippen LogP) is 2.18. The lowest BCUT2D eigenvalue weighted by Gasteiger charge is -2.28. The van der Waals surface area contributed by atoms with E-state index in [1.165, 1.54) is 0 Å². The summed E-state index contributed by atoms with van der Waals surface area (Å²) in [6.45, 7) is 4.03. The average molecular weight is 435 g/mol. The van der Waals surface area contributed by atoms with E-state index in [2.05, 4.69) is 20.1 Å². The quantitative estimate of drug-likeness (QED) is 0.538. The van der Waals surface area contributed by atoms with Crippen LogP contribution in [0.4, 0.5) is 23.3 Å². The molecule has 4 heterocycles. The molecule has 1 aromatic carbocycles. The molecule has 0 radical (unpaired) electrons. The molecule has 0 amide bonds. The van der Waals surface area contributed by atoms with Gasteiger partial charge in [-0.1, -0.05) is 12.1 Å². The minimum atomic E-state index is 0.0435. The summed E-state index contributed by atoms with van der Waals surface area (Å²) in [5.41, 5.74) is 3.77. The van der Waals surface area contributed by atoms with Gasteiger partial charge in [0, 0.05) is 55.3 Å². The van der Waals surface area contributed by atoms with Crippen molar-refractivity contribution < 1.29 is 14.9 Å². The number of fused-ring (bicyclic) bond motifs is 1. The number of nitrogens with zero attached hydrogens (tertiary/aromatic N) is 5. The number of phenols is 1. The number of pyridine rings is 1. The van der Waals surface area contributed by atoms with Crippen LogP contribution in [0.2, 0.25) is 0 Å². The van der Waals surface area contributed by atoms with Crippen molar-refractivity contribution in [2.45, 2.75) is 6.42 Å². The lowest BCUT2D eigenvalue weighted by atomic mass is 10.1. The summed E-state index contributed by atoms with van der Waals surface area (Å²) in [4.78, 5) is 18.6. The van der Waals surface area contributed by atoms with Crippen molar-refractivity contribution in [1.82, 2.24) is 15.0 Å². The van der Waals surface area contributed by atoms with Crippen molar-refractivity contribution in [2.75, 3.05) is 61.1 Å². The Bertz CT molecular complexity index is 1100. The average Bonchev–Trinajstić information content (AvgIpc) is 3.27. The van der Waals surface area contributed by atoms with Gasteiger partial charge in [0.2, 0.25) is 5.95 Å². The first-order valence-corrected chi connectivity index (χ1v) is 10.8. The number of ether oxygens (including phenoxy) is 1. The number of rotatable bonds is 6. The number of anilines is 4. The van der Waals surface area contributed by atoms with Crippen molar-refractivity contribution in [3.05, 3.63) is 48.2 Å². The van der Waals surface area contributed by atoms with Gasteiger partial charge in [0.1, 0.15) is 17.4 Å². The molecule has 166 valence electrons. The lowest BCUT2D eigenvalue weighted by molar-refractivity contribution is 0.122. The van der Waals surface area contributed by atoms with E-state index in [1.54, 1.807) is 18.3 Å². The third-order valence-corrected chi connectivity index (χ3v) is 5.70. The van der Waals surface area contributed by atoms with Crippen LogP contribution in [-0.2, 0) is 11.2 Å². The van der Waals surface area contributed by atoms with Crippen molar-refractivity contribution >= 4 is 23.3 Å². The van der Waals surface area contributed by atoms with Crippen molar-refractivity contribution in [2.24, 2.45) is 0 Å². The minimum absolute atomic E-state index is 0.0435. The summed E-state index contributed by atoms with van der Waals surface area (Å²) in [7, 11) is 0. The first-order valence-electron chi connectivity index (χ1n) is 10.8. The van der Waals surface area contributed by atoms with Crippen LogP contribution >= 0.6 is 0 Å². The predicted molar refractivity (Wildman–Crippen MR) is 123 cm³/mol. The van der Waals surface area contributed by atoms with Crippen molar-refractivity contribution in [3.63, 3.8) is 0 Å². The lowest BCUT2D eigenvalue weighted by Crippen LogP contribution is -2.37. The van der Waals surface area contributed by atoms with Crippen molar-refractivity contribution in [3.8, 4) is 17.0 Å². The third-order valence-electron chi connectivity index (χ3n) is 5.70. The molecule has 0 saturated carbocycles. The Labute approximate surface area is 186 Å². The molecule has 0 unspecified atom stereocenters. The van der Waals surface area contributed by atoms with Gasteiger partial charge < -0.3 is 30.1 Å². The van der Waals surface area contributed by atoms with E-state index in [9.17, 15) is 5.11 Å². The van der Waals surface area contributed by atoms with Gasteiger partial charge in [-0.05, 0) is 24.6 Å². The molecular formula is C23H26N6O3. The topological polar surface area (TPSA) is 107 Å². The van der Waals surface area contributed by atoms with Crippen LogP contribution in [0.1, 0.15) is 5.56 Å². The fourth-order valence-corrected chi connectivity index (χ4v) is 4.16. The summed E-state index contributed by atoms with van der Waals surface area (Å²) in [5, 5.41) is 22.3. The summed E-state index contributed by atoms with van der Waals surface area (Å²) < 4.78 is 5.51. The number of hydrogen-bond acceptors (Lipinski definition) is 9. The molecule has 2 aromatic heterocycles. The highest BCUT2D eigenvalue weighted by Crippen LogP contribution is 2.40. The van der Waals surface area contributed by atoms with E-state index in [4.69, 9.17) is 19.8 Å². The Balaban J connectivity index is 1.59. The second kappa shape index (κ2) is 8.97. The van der Waals surface area contributed by atoms with Crippen LogP contribution in [0.5, 0.6) is 5.75 Å². The van der Waals surface area contributed by atoms with Crippen LogP contribution in [0.25, 0.3) is 11.3 Å². The van der Waals surface area contributed by atoms with E-state index >= 15 is 0 Å². The molecule has 0 aliphatic carbocycles. The van der Waals surface area contributed by atoms with Gasteiger partial charge in [-0.2, -0.15) is 4.98 Å². The fraction of sp³-hybridized carbons (Fsp3) is 0.348. The van der Waals surface area contributed by atoms with Gasteiger partial charge in [0.15, 0.2) is 0 Å². The highest BCUT2D eigenvalue weighted by atomic mass is 16.5. The first kappa shape index (κ1) is 20.5. The SMILES string of the molecule is OCCNc1cc(N2CCc3c(-c4cccc(O)c4)nc(N4CCOCC4)nc32)ccn1. The van der Waals surface area contributed by atoms with Gasteiger partial charge in [-0.15, -0.1) is 0 Å². The Kier molecular flexibility index (Phi) is 5.74. The summed E-state index contributed by atoms with van der Waals surface area (Å²) >= 11 is 0. The number of morpholine rings is 1. The molecule has 32 heavy (non-hydrogen) atoms. The molecule has 9 nitrogen and oxygen atoms in total. The van der Waals surface area contributed by atoms with Crippen LogP contribution < -0.4 is 15.1 Å². The number of aliphatic hydroxyl groups excluding tert-OH is 1. The zero-order chi connectivity index (χ0) is 21.9. The standard InChI is InChI=1S/C23H26N6O3/c30-11-7-25-20-15-17(4-6-24-20)29-8-5-19-21(16-2-1-3-18(31)14-16)26-23(27-22(19)29)28-9-12-32-13-10-28/h1-4,6,14-15,30-31H,5,7-13H2,(H,24,25). The number of benzene rings is 1. The molecule has 0 spiro atoms. The highest BCUT2D eigenvalue weighted by molar-refractivity contribution is 5.78. The summed E-state index contributed by atoms with van der Waals surface area (Å²) in [6.07, 6.45) is 2.55. The smallest absolute Gasteiger partial charge is 0.228 e. The number of aromatic hydroxyl groups is 1. The van der Waals surface area contributed by atoms with Crippen LogP contribution in [-0.4, -0.2) is 71.2 Å². The van der Waals surface area contributed by atoms with Crippen LogP contribution in [0, 0.1) is 0 Å². The molecule has 2 aliphatic rings. The fourth-order valence-electron chi connectivity index (χ4n) is 4.16. The van der Waals surface area contributed by atoms with E-state index in [0.29, 0.717) is 31.5 Å². The van der Waals surface area contributed by atoms with Gasteiger partial charge >= 0.3 is 0 Å². The van der Waals surface area contributed by atoms with Gasteiger partial charge in [-0.3, -0.25) is 0 Å². The van der Waals surface area contributed by atoms with Crippen LogP contribution in [0.15, 0.2) is 42.6 Å². The largest absolute Gasteiger partial charge is 0.508 e. The molecule has 5 rings (SSSR count). The molecule has 3 aromatic rings. The third kappa shape index (κ3) is 4.04. The number of nitrogens with one attached hydrogen (secondary N) is 1. The minimum Gasteiger partial charge on any atom is -0.508 e. The maximum atomic E-state index is 10.1. The number of aliphatic hydroxyl groups is 1. The van der Waals surface area contributed by atoms with E-state index in [1.807, 2.05) is 24.3 Å². The Morgan fingerprint density at radius 2 is 1.94 bits per heavy atom. The molecule has 0 atom stereocenters. The highest BCUT2D eigenvalue weighted by Gasteiger charge is 2.29. The Morgan fingerprint density at radius 3 is 2.75 bits per heavy atom. The molecule has 2 aliphatic heterocycles. The van der Waals surface area contributed by atoms with E-state index < -0.39 is 0 Å². The first-order chi connectivity index (χ1) is 15.7. The Hall–Kier alpha value is -3.43. The zero-order valence-corrected chi connectivity index (χ0v) is 17.7. The summed E-state index contributed by atoms with van der Waals surface area (Å²) in [5.74, 6) is 2.47. The maximum Gasteiger partial charge on any atom is 0.228 e. The second-order valence-electron chi connectivity index (χ2n) is 7.78. The molecule has 1 fully saturated rings.